The maximum atomic E-state index is 12.5. The molecule has 6 heteroatoms. The zero-order valence-corrected chi connectivity index (χ0v) is 36.0. The average Bonchev–Trinajstić information content (AvgIpc) is 3.16. The van der Waals surface area contributed by atoms with Crippen molar-refractivity contribution >= 4 is 17.9 Å². The van der Waals surface area contributed by atoms with Crippen LogP contribution >= 0.6 is 0 Å². The molecule has 318 valence electrons. The molecule has 0 saturated heterocycles. The molecule has 1 aromatic rings. The first-order chi connectivity index (χ1) is 26.8. The van der Waals surface area contributed by atoms with Crippen molar-refractivity contribution in [1.29, 1.82) is 0 Å². The molecule has 0 saturated carbocycles. The van der Waals surface area contributed by atoms with Crippen LogP contribution in [0.4, 0.5) is 0 Å². The lowest BCUT2D eigenvalue weighted by molar-refractivity contribution is 0.0632. The Morgan fingerprint density at radius 1 is 0.345 bits per heavy atom. The van der Waals surface area contributed by atoms with Crippen LogP contribution in [0, 0.1) is 0 Å². The van der Waals surface area contributed by atoms with Crippen LogP contribution in [0.5, 0.6) is 0 Å². The number of carboxylic acids is 3. The van der Waals surface area contributed by atoms with Gasteiger partial charge in [-0.15, -0.1) is 0 Å². The molecule has 0 heterocycles. The van der Waals surface area contributed by atoms with E-state index in [1.807, 2.05) is 0 Å². The first-order valence-electron chi connectivity index (χ1n) is 23.7. The molecule has 1 rings (SSSR count). The lowest BCUT2D eigenvalue weighted by Crippen LogP contribution is -2.19. The van der Waals surface area contributed by atoms with E-state index >= 15 is 0 Å². The molecular weight excluding hydrogens is 685 g/mol. The number of carboxylic acid groups (broad SMARTS) is 3. The van der Waals surface area contributed by atoms with Crippen molar-refractivity contribution in [3.8, 4) is 0 Å². The van der Waals surface area contributed by atoms with Crippen LogP contribution in [0.1, 0.15) is 287 Å². The highest BCUT2D eigenvalue weighted by Gasteiger charge is 2.29. The maximum Gasteiger partial charge on any atom is 0.337 e. The molecule has 0 spiro atoms. The van der Waals surface area contributed by atoms with Gasteiger partial charge < -0.3 is 15.3 Å². The zero-order chi connectivity index (χ0) is 40.2. The third-order valence-corrected chi connectivity index (χ3v) is 11.8. The molecule has 0 aliphatic heterocycles. The summed E-state index contributed by atoms with van der Waals surface area (Å²) in [7, 11) is 0. The molecule has 0 unspecified atom stereocenters. The molecule has 1 aromatic carbocycles. The van der Waals surface area contributed by atoms with E-state index in [4.69, 9.17) is 0 Å². The predicted octanol–water partition coefficient (Wildman–Crippen LogP) is 15.9. The summed E-state index contributed by atoms with van der Waals surface area (Å²) in [6.45, 7) is 4.54. The van der Waals surface area contributed by atoms with E-state index in [1.54, 1.807) is 0 Å². The molecule has 0 bridgehead atoms. The van der Waals surface area contributed by atoms with Gasteiger partial charge in [0.2, 0.25) is 0 Å². The van der Waals surface area contributed by atoms with Crippen LogP contribution < -0.4 is 0 Å². The summed E-state index contributed by atoms with van der Waals surface area (Å²) in [5.74, 6) is -4.23. The molecule has 0 aliphatic rings. The van der Waals surface area contributed by atoms with E-state index in [-0.39, 0.29) is 5.56 Å². The van der Waals surface area contributed by atoms with Crippen molar-refractivity contribution in [1.82, 2.24) is 0 Å². The second kappa shape index (κ2) is 36.0. The summed E-state index contributed by atoms with van der Waals surface area (Å²) in [6.07, 6.45) is 47.1. The van der Waals surface area contributed by atoms with Crippen molar-refractivity contribution in [2.45, 2.75) is 258 Å². The largest absolute Gasteiger partial charge is 0.478 e. The minimum absolute atomic E-state index is 0.322. The van der Waals surface area contributed by atoms with Gasteiger partial charge in [-0.25, -0.2) is 14.4 Å². The molecular formula is C49H86O6. The predicted molar refractivity (Wildman–Crippen MR) is 232 cm³/mol. The van der Waals surface area contributed by atoms with Crippen LogP contribution in [0.2, 0.25) is 0 Å². The van der Waals surface area contributed by atoms with Gasteiger partial charge in [0.25, 0.3) is 0 Å². The van der Waals surface area contributed by atoms with Crippen molar-refractivity contribution in [2.24, 2.45) is 0 Å². The van der Waals surface area contributed by atoms with Gasteiger partial charge in [0.05, 0.1) is 16.7 Å². The lowest BCUT2D eigenvalue weighted by Gasteiger charge is -2.17. The molecule has 6 nitrogen and oxygen atoms in total. The minimum atomic E-state index is -1.49. The molecule has 0 radical (unpaired) electrons. The minimum Gasteiger partial charge on any atom is -0.478 e. The number of carbonyl (C=O) groups is 3. The number of unbranched alkanes of at least 4 members (excludes halogenated alkanes) is 34. The molecule has 0 amide bonds. The number of rotatable bonds is 41. The fourth-order valence-corrected chi connectivity index (χ4v) is 8.34. The highest BCUT2D eigenvalue weighted by Crippen LogP contribution is 2.29. The van der Waals surface area contributed by atoms with Crippen molar-refractivity contribution in [3.63, 3.8) is 0 Å². The normalized spacial score (nSPS) is 11.4. The van der Waals surface area contributed by atoms with Gasteiger partial charge in [-0.2, -0.15) is 0 Å². The number of aryl methyl sites for hydroxylation is 1. The third-order valence-electron chi connectivity index (χ3n) is 11.8. The Bertz CT molecular complexity index is 1110. The van der Waals surface area contributed by atoms with E-state index in [2.05, 4.69) is 13.8 Å². The van der Waals surface area contributed by atoms with Gasteiger partial charge in [0.15, 0.2) is 0 Å². The van der Waals surface area contributed by atoms with E-state index in [9.17, 15) is 29.7 Å². The Balaban J connectivity index is 2.38. The van der Waals surface area contributed by atoms with E-state index in [0.29, 0.717) is 24.0 Å². The third kappa shape index (κ3) is 26.2. The van der Waals surface area contributed by atoms with Gasteiger partial charge in [0.1, 0.15) is 0 Å². The molecule has 3 N–H and O–H groups in total. The first kappa shape index (κ1) is 50.6. The Kier molecular flexibility index (Phi) is 33.2. The maximum absolute atomic E-state index is 12.5. The van der Waals surface area contributed by atoms with Gasteiger partial charge in [-0.1, -0.05) is 232 Å². The van der Waals surface area contributed by atoms with E-state index in [0.717, 1.165) is 44.9 Å². The topological polar surface area (TPSA) is 112 Å². The zero-order valence-electron chi connectivity index (χ0n) is 36.0. The summed E-state index contributed by atoms with van der Waals surface area (Å²) in [5.41, 5.74) is -0.0961. The Morgan fingerprint density at radius 3 is 0.855 bits per heavy atom. The standard InChI is InChI=1S/C49H86O6/c1-3-5-7-9-11-13-15-17-19-21-23-25-27-29-31-33-35-37-39-42-41-44(47(50)51)46(49(54)55)45(48(52)53)43(42)40-38-36-34-32-30-28-26-24-22-20-18-16-14-12-10-8-6-4-2/h41H,3-40H2,1-2H3,(H,50,51)(H,52,53)(H,54,55). The highest BCUT2D eigenvalue weighted by molar-refractivity contribution is 6.10. The van der Waals surface area contributed by atoms with Gasteiger partial charge in [0, 0.05) is 0 Å². The molecule has 0 fully saturated rings. The van der Waals surface area contributed by atoms with Crippen LogP contribution in [0.25, 0.3) is 0 Å². The Hall–Kier alpha value is -2.37. The second-order valence-corrected chi connectivity index (χ2v) is 16.7. The van der Waals surface area contributed by atoms with Gasteiger partial charge >= 0.3 is 17.9 Å². The van der Waals surface area contributed by atoms with Crippen molar-refractivity contribution in [3.05, 3.63) is 33.9 Å². The summed E-state index contributed by atoms with van der Waals surface area (Å²) < 4.78 is 0. The summed E-state index contributed by atoms with van der Waals surface area (Å²) in [6, 6.07) is 1.45. The molecule has 55 heavy (non-hydrogen) atoms. The Morgan fingerprint density at radius 2 is 0.600 bits per heavy atom. The lowest BCUT2D eigenvalue weighted by atomic mass is 9.86. The van der Waals surface area contributed by atoms with Crippen molar-refractivity contribution in [2.75, 3.05) is 0 Å². The highest BCUT2D eigenvalue weighted by atomic mass is 16.4. The van der Waals surface area contributed by atoms with E-state index in [1.165, 1.54) is 192 Å². The molecule has 0 aromatic heterocycles. The fourth-order valence-electron chi connectivity index (χ4n) is 8.34. The van der Waals surface area contributed by atoms with Crippen LogP contribution in [-0.4, -0.2) is 33.2 Å². The van der Waals surface area contributed by atoms with Crippen LogP contribution in [0.3, 0.4) is 0 Å². The molecule has 0 aliphatic carbocycles. The Labute approximate surface area is 338 Å². The first-order valence-corrected chi connectivity index (χ1v) is 23.7. The number of benzene rings is 1. The summed E-state index contributed by atoms with van der Waals surface area (Å²) in [5, 5.41) is 29.9. The van der Waals surface area contributed by atoms with Crippen LogP contribution in [0.15, 0.2) is 6.07 Å². The average molecular weight is 771 g/mol. The van der Waals surface area contributed by atoms with Gasteiger partial charge in [-0.3, -0.25) is 0 Å². The molecule has 0 atom stereocenters. The van der Waals surface area contributed by atoms with Crippen LogP contribution in [-0.2, 0) is 12.8 Å². The summed E-state index contributed by atoms with van der Waals surface area (Å²) in [4.78, 5) is 36.7. The summed E-state index contributed by atoms with van der Waals surface area (Å²) >= 11 is 0. The SMILES string of the molecule is CCCCCCCCCCCCCCCCCCCCc1cc(C(=O)O)c(C(=O)O)c(C(=O)O)c1CCCCCCCCCCCCCCCCCCCC. The second-order valence-electron chi connectivity index (χ2n) is 16.7. The van der Waals surface area contributed by atoms with E-state index < -0.39 is 29.0 Å². The number of hydrogen-bond acceptors (Lipinski definition) is 3. The van der Waals surface area contributed by atoms with Gasteiger partial charge in [-0.05, 0) is 42.9 Å². The smallest absolute Gasteiger partial charge is 0.337 e. The fraction of sp³-hybridized carbons (Fsp3) is 0.816. The number of hydrogen-bond donors (Lipinski definition) is 3. The van der Waals surface area contributed by atoms with Crippen molar-refractivity contribution < 1.29 is 29.7 Å². The number of aromatic carboxylic acids is 3. The quantitative estimate of drug-likeness (QED) is 0.0572. The monoisotopic (exact) mass is 771 g/mol.